The largest absolute Gasteiger partial charge is 0.491 e. The Bertz CT molecular complexity index is 372. The number of esters is 1. The summed E-state index contributed by atoms with van der Waals surface area (Å²) >= 11 is 0. The van der Waals surface area contributed by atoms with Crippen molar-refractivity contribution in [2.75, 3.05) is 0 Å². The second-order valence-corrected chi connectivity index (χ2v) is 3.25. The van der Waals surface area contributed by atoms with E-state index in [-0.39, 0.29) is 5.75 Å². The maximum atomic E-state index is 12.0. The molecule has 0 N–H and O–H groups in total. The van der Waals surface area contributed by atoms with Gasteiger partial charge in [0.2, 0.25) is 0 Å². The van der Waals surface area contributed by atoms with Crippen LogP contribution in [0.5, 0.6) is 5.75 Å². The number of benzene rings is 1. The fourth-order valence-corrected chi connectivity index (χ4v) is 1.24. The van der Waals surface area contributed by atoms with Gasteiger partial charge in [0.25, 0.3) is 0 Å². The summed E-state index contributed by atoms with van der Waals surface area (Å²) in [5.41, 5.74) is 0.600. The van der Waals surface area contributed by atoms with E-state index in [1.165, 1.54) is 12.1 Å². The Morgan fingerprint density at radius 1 is 1.31 bits per heavy atom. The third kappa shape index (κ3) is 3.25. The van der Waals surface area contributed by atoms with Gasteiger partial charge in [0, 0.05) is 0 Å². The van der Waals surface area contributed by atoms with Gasteiger partial charge in [0.15, 0.2) is 0 Å². The highest BCUT2D eigenvalue weighted by molar-refractivity contribution is 5.78. The molecule has 0 amide bonds. The lowest BCUT2D eigenvalue weighted by molar-refractivity contribution is -0.189. The molecule has 0 aliphatic carbocycles. The molecular formula is C11H11F3O2. The van der Waals surface area contributed by atoms with Gasteiger partial charge < -0.3 is 4.74 Å². The van der Waals surface area contributed by atoms with Crippen LogP contribution in [0.1, 0.15) is 18.9 Å². The summed E-state index contributed by atoms with van der Waals surface area (Å²) in [6.07, 6.45) is -3.62. The number of aryl methyl sites for hydroxylation is 1. The fraction of sp³-hybridized carbons (Fsp3) is 0.364. The van der Waals surface area contributed by atoms with Crippen molar-refractivity contribution in [2.45, 2.75) is 25.9 Å². The molecule has 0 atom stereocenters. The van der Waals surface area contributed by atoms with Crippen molar-refractivity contribution in [1.29, 1.82) is 0 Å². The van der Waals surface area contributed by atoms with Crippen molar-refractivity contribution in [2.24, 2.45) is 0 Å². The monoisotopic (exact) mass is 232 g/mol. The van der Waals surface area contributed by atoms with Crippen LogP contribution in [0.3, 0.4) is 0 Å². The van der Waals surface area contributed by atoms with Gasteiger partial charge in [-0.2, -0.15) is 13.2 Å². The molecule has 5 heteroatoms. The highest BCUT2D eigenvalue weighted by Crippen LogP contribution is 2.23. The molecule has 2 nitrogen and oxygen atoms in total. The molecular weight excluding hydrogens is 221 g/mol. The molecule has 0 aromatic heterocycles. The maximum absolute atomic E-state index is 12.0. The van der Waals surface area contributed by atoms with E-state index < -0.39 is 12.1 Å². The van der Waals surface area contributed by atoms with E-state index in [9.17, 15) is 18.0 Å². The average Bonchev–Trinajstić information content (AvgIpc) is 2.20. The number of hydrogen-bond acceptors (Lipinski definition) is 2. The topological polar surface area (TPSA) is 26.3 Å². The van der Waals surface area contributed by atoms with Crippen molar-refractivity contribution in [3.63, 3.8) is 0 Å². The molecule has 0 spiro atoms. The molecule has 0 radical (unpaired) electrons. The van der Waals surface area contributed by atoms with E-state index in [2.05, 4.69) is 4.74 Å². The summed E-state index contributed by atoms with van der Waals surface area (Å²) < 4.78 is 40.2. The van der Waals surface area contributed by atoms with Gasteiger partial charge in [-0.15, -0.1) is 0 Å². The van der Waals surface area contributed by atoms with Crippen molar-refractivity contribution < 1.29 is 22.7 Å². The number of hydrogen-bond donors (Lipinski definition) is 0. The van der Waals surface area contributed by atoms with Crippen molar-refractivity contribution in [1.82, 2.24) is 0 Å². The number of carbonyl (C=O) groups is 1. The van der Waals surface area contributed by atoms with Crippen molar-refractivity contribution in [3.05, 3.63) is 29.8 Å². The number of rotatable bonds is 3. The van der Waals surface area contributed by atoms with Crippen LogP contribution in [-0.4, -0.2) is 12.1 Å². The molecule has 1 aromatic carbocycles. The molecule has 0 heterocycles. The van der Waals surface area contributed by atoms with Crippen molar-refractivity contribution in [3.8, 4) is 5.75 Å². The minimum atomic E-state index is -4.96. The number of alkyl halides is 3. The SMILES string of the molecule is CCCc1ccccc1OC(=O)C(F)(F)F. The van der Waals surface area contributed by atoms with Gasteiger partial charge in [-0.3, -0.25) is 0 Å². The van der Waals surface area contributed by atoms with Crippen LogP contribution in [0.25, 0.3) is 0 Å². The van der Waals surface area contributed by atoms with Crippen LogP contribution >= 0.6 is 0 Å². The molecule has 0 aliphatic heterocycles. The quantitative estimate of drug-likeness (QED) is 0.591. The zero-order chi connectivity index (χ0) is 12.2. The minimum absolute atomic E-state index is 0.0216. The average molecular weight is 232 g/mol. The maximum Gasteiger partial charge on any atom is 0.491 e. The second-order valence-electron chi connectivity index (χ2n) is 3.25. The lowest BCUT2D eigenvalue weighted by atomic mass is 10.1. The molecule has 88 valence electrons. The minimum Gasteiger partial charge on any atom is -0.420 e. The van der Waals surface area contributed by atoms with Gasteiger partial charge >= 0.3 is 12.1 Å². The van der Waals surface area contributed by atoms with E-state index in [0.29, 0.717) is 12.0 Å². The Kier molecular flexibility index (Phi) is 3.93. The number of ether oxygens (including phenoxy) is 1. The van der Waals surface area contributed by atoms with Crippen molar-refractivity contribution >= 4 is 5.97 Å². The van der Waals surface area contributed by atoms with Crippen LogP contribution in [0.15, 0.2) is 24.3 Å². The molecule has 0 aliphatic rings. The Morgan fingerprint density at radius 2 is 1.94 bits per heavy atom. The fourth-order valence-electron chi connectivity index (χ4n) is 1.24. The Labute approximate surface area is 91.0 Å². The first-order valence-electron chi connectivity index (χ1n) is 4.82. The molecule has 1 aromatic rings. The summed E-state index contributed by atoms with van der Waals surface area (Å²) in [4.78, 5) is 10.6. The van der Waals surface area contributed by atoms with E-state index >= 15 is 0 Å². The summed E-state index contributed by atoms with van der Waals surface area (Å²) in [5.74, 6) is -2.21. The van der Waals surface area contributed by atoms with Crippen LogP contribution in [0.4, 0.5) is 13.2 Å². The van der Waals surface area contributed by atoms with Crippen LogP contribution in [0, 0.1) is 0 Å². The van der Waals surface area contributed by atoms with Gasteiger partial charge in [-0.1, -0.05) is 31.5 Å². The third-order valence-electron chi connectivity index (χ3n) is 1.93. The molecule has 0 saturated carbocycles. The first kappa shape index (κ1) is 12.5. The Morgan fingerprint density at radius 3 is 2.50 bits per heavy atom. The predicted molar refractivity (Wildman–Crippen MR) is 52.1 cm³/mol. The lowest BCUT2D eigenvalue weighted by Gasteiger charge is -2.10. The van der Waals surface area contributed by atoms with E-state index in [4.69, 9.17) is 0 Å². The molecule has 0 unspecified atom stereocenters. The van der Waals surface area contributed by atoms with E-state index in [1.54, 1.807) is 12.1 Å². The zero-order valence-electron chi connectivity index (χ0n) is 8.67. The van der Waals surface area contributed by atoms with Gasteiger partial charge in [-0.25, -0.2) is 4.79 Å². The molecule has 16 heavy (non-hydrogen) atoms. The zero-order valence-corrected chi connectivity index (χ0v) is 8.67. The summed E-state index contributed by atoms with van der Waals surface area (Å²) in [7, 11) is 0. The third-order valence-corrected chi connectivity index (χ3v) is 1.93. The highest BCUT2D eigenvalue weighted by Gasteiger charge is 2.41. The standard InChI is InChI=1S/C11H11F3O2/c1-2-5-8-6-3-4-7-9(8)16-10(15)11(12,13)14/h3-4,6-7H,2,5H2,1H3. The van der Waals surface area contributed by atoms with Gasteiger partial charge in [0.05, 0.1) is 0 Å². The number of para-hydroxylation sites is 1. The van der Waals surface area contributed by atoms with Gasteiger partial charge in [0.1, 0.15) is 5.75 Å². The Hall–Kier alpha value is -1.52. The van der Waals surface area contributed by atoms with Crippen LogP contribution in [0.2, 0.25) is 0 Å². The first-order chi connectivity index (χ1) is 7.45. The first-order valence-corrected chi connectivity index (χ1v) is 4.82. The summed E-state index contributed by atoms with van der Waals surface area (Å²) in [6, 6.07) is 6.21. The van der Waals surface area contributed by atoms with Crippen LogP contribution < -0.4 is 4.74 Å². The predicted octanol–water partition coefficient (Wildman–Crippen LogP) is 3.11. The van der Waals surface area contributed by atoms with Crippen LogP contribution in [-0.2, 0) is 11.2 Å². The lowest BCUT2D eigenvalue weighted by Crippen LogP contribution is -2.28. The summed E-state index contributed by atoms with van der Waals surface area (Å²) in [6.45, 7) is 1.89. The molecule has 1 rings (SSSR count). The Balaban J connectivity index is 2.84. The second kappa shape index (κ2) is 5.01. The summed E-state index contributed by atoms with van der Waals surface area (Å²) in [5, 5.41) is 0. The molecule has 0 fully saturated rings. The van der Waals surface area contributed by atoms with Gasteiger partial charge in [-0.05, 0) is 18.1 Å². The van der Waals surface area contributed by atoms with E-state index in [0.717, 1.165) is 6.42 Å². The number of halogens is 3. The van der Waals surface area contributed by atoms with E-state index in [1.807, 2.05) is 6.92 Å². The molecule has 0 bridgehead atoms. The number of carbonyl (C=O) groups excluding carboxylic acids is 1. The normalized spacial score (nSPS) is 11.2. The molecule has 0 saturated heterocycles. The smallest absolute Gasteiger partial charge is 0.420 e. The highest BCUT2D eigenvalue weighted by atomic mass is 19.4.